The fraction of sp³-hybridized carbons (Fsp3) is 0.353. The zero-order valence-corrected chi connectivity index (χ0v) is 16.2. The maximum Gasteiger partial charge on any atom is 0.191 e. The highest BCUT2D eigenvalue weighted by Gasteiger charge is 2.04. The highest BCUT2D eigenvalue weighted by molar-refractivity contribution is 14.0. The molecule has 0 atom stereocenters. The van der Waals surface area contributed by atoms with E-state index in [-0.39, 0.29) is 29.7 Å². The summed E-state index contributed by atoms with van der Waals surface area (Å²) in [6, 6.07) is 9.02. The molecule has 0 aliphatic rings. The van der Waals surface area contributed by atoms with Crippen molar-refractivity contribution < 1.29 is 14.3 Å². The van der Waals surface area contributed by atoms with Gasteiger partial charge in [-0.2, -0.15) is 0 Å². The van der Waals surface area contributed by atoms with Crippen LogP contribution in [0.1, 0.15) is 25.2 Å². The summed E-state index contributed by atoms with van der Waals surface area (Å²) in [6.07, 6.45) is 1.65. The number of rotatable bonds is 7. The van der Waals surface area contributed by atoms with Crippen LogP contribution in [0.3, 0.4) is 0 Å². The number of phenols is 1. The van der Waals surface area contributed by atoms with E-state index in [4.69, 9.17) is 9.15 Å². The zero-order valence-electron chi connectivity index (χ0n) is 13.9. The minimum Gasteiger partial charge on any atom is -0.504 e. The van der Waals surface area contributed by atoms with Gasteiger partial charge in [0.15, 0.2) is 17.5 Å². The first-order valence-corrected chi connectivity index (χ1v) is 7.72. The van der Waals surface area contributed by atoms with Gasteiger partial charge in [0.2, 0.25) is 0 Å². The lowest BCUT2D eigenvalue weighted by atomic mass is 10.2. The number of aliphatic imine (C=N–C) groups is 1. The summed E-state index contributed by atoms with van der Waals surface area (Å²) in [5, 5.41) is 16.1. The number of nitrogens with one attached hydrogen (secondary N) is 2. The van der Waals surface area contributed by atoms with Gasteiger partial charge in [0, 0.05) is 6.54 Å². The largest absolute Gasteiger partial charge is 0.504 e. The second kappa shape index (κ2) is 10.8. The Labute approximate surface area is 159 Å². The van der Waals surface area contributed by atoms with Crippen LogP contribution in [0.2, 0.25) is 0 Å². The maximum atomic E-state index is 9.72. The molecule has 2 rings (SSSR count). The molecule has 2 aromatic rings. The van der Waals surface area contributed by atoms with Crippen molar-refractivity contribution in [2.75, 3.05) is 13.2 Å². The second-order valence-corrected chi connectivity index (χ2v) is 4.86. The Morgan fingerprint density at radius 1 is 1.25 bits per heavy atom. The number of ether oxygens (including phenoxy) is 1. The summed E-state index contributed by atoms with van der Waals surface area (Å²) in [5.74, 6) is 2.17. The van der Waals surface area contributed by atoms with E-state index in [1.807, 2.05) is 32.0 Å². The minimum atomic E-state index is 0. The van der Waals surface area contributed by atoms with Crippen molar-refractivity contribution in [3.8, 4) is 11.5 Å². The number of hydrogen-bond donors (Lipinski definition) is 3. The van der Waals surface area contributed by atoms with E-state index >= 15 is 0 Å². The van der Waals surface area contributed by atoms with Gasteiger partial charge in [0.05, 0.1) is 26.0 Å². The molecular formula is C17H24IN3O3. The van der Waals surface area contributed by atoms with E-state index in [0.29, 0.717) is 31.4 Å². The highest BCUT2D eigenvalue weighted by atomic mass is 127. The van der Waals surface area contributed by atoms with Crippen LogP contribution in [0.25, 0.3) is 0 Å². The Morgan fingerprint density at radius 3 is 2.75 bits per heavy atom. The third kappa shape index (κ3) is 6.31. The molecule has 0 aliphatic heterocycles. The molecule has 6 nitrogen and oxygen atoms in total. The molecule has 0 spiro atoms. The summed E-state index contributed by atoms with van der Waals surface area (Å²) in [6.45, 7) is 6.22. The van der Waals surface area contributed by atoms with Crippen molar-refractivity contribution in [2.24, 2.45) is 4.99 Å². The predicted octanol–water partition coefficient (Wildman–Crippen LogP) is 3.26. The molecule has 24 heavy (non-hydrogen) atoms. The van der Waals surface area contributed by atoms with Crippen molar-refractivity contribution >= 4 is 29.9 Å². The molecule has 0 amide bonds. The van der Waals surface area contributed by atoms with Gasteiger partial charge in [-0.1, -0.05) is 6.07 Å². The molecular weight excluding hydrogens is 421 g/mol. The zero-order chi connectivity index (χ0) is 16.5. The lowest BCUT2D eigenvalue weighted by Crippen LogP contribution is -2.36. The number of guanidine groups is 1. The van der Waals surface area contributed by atoms with Gasteiger partial charge in [0.25, 0.3) is 0 Å². The van der Waals surface area contributed by atoms with Crippen LogP contribution < -0.4 is 15.4 Å². The van der Waals surface area contributed by atoms with Crippen molar-refractivity contribution in [1.82, 2.24) is 10.6 Å². The first kappa shape index (κ1) is 20.1. The first-order valence-electron chi connectivity index (χ1n) is 7.72. The molecule has 1 aromatic carbocycles. The molecule has 0 bridgehead atoms. The van der Waals surface area contributed by atoms with Crippen molar-refractivity contribution in [3.63, 3.8) is 0 Å². The fourth-order valence-electron chi connectivity index (χ4n) is 2.02. The van der Waals surface area contributed by atoms with E-state index in [1.54, 1.807) is 18.4 Å². The SMILES string of the molecule is CCNC(=NCc1ccc(O)c(OCC)c1)NCc1ccco1.I. The van der Waals surface area contributed by atoms with E-state index in [0.717, 1.165) is 17.9 Å². The Kier molecular flexibility index (Phi) is 9.06. The van der Waals surface area contributed by atoms with Crippen LogP contribution in [0.15, 0.2) is 46.0 Å². The highest BCUT2D eigenvalue weighted by Crippen LogP contribution is 2.27. The van der Waals surface area contributed by atoms with Crippen molar-refractivity contribution in [1.29, 1.82) is 0 Å². The van der Waals surface area contributed by atoms with E-state index < -0.39 is 0 Å². The van der Waals surface area contributed by atoms with Crippen LogP contribution in [-0.2, 0) is 13.1 Å². The molecule has 0 fully saturated rings. The third-order valence-electron chi connectivity index (χ3n) is 3.10. The number of nitrogens with zero attached hydrogens (tertiary/aromatic N) is 1. The average molecular weight is 445 g/mol. The summed E-state index contributed by atoms with van der Waals surface area (Å²) < 4.78 is 10.7. The van der Waals surface area contributed by atoms with Gasteiger partial charge in [-0.05, 0) is 43.7 Å². The second-order valence-electron chi connectivity index (χ2n) is 4.86. The Bertz CT molecular complexity index is 630. The topological polar surface area (TPSA) is 79.0 Å². The smallest absolute Gasteiger partial charge is 0.191 e. The van der Waals surface area contributed by atoms with E-state index in [1.165, 1.54) is 0 Å². The maximum absolute atomic E-state index is 9.72. The van der Waals surface area contributed by atoms with Gasteiger partial charge < -0.3 is 24.9 Å². The number of aromatic hydroxyl groups is 1. The van der Waals surface area contributed by atoms with Crippen molar-refractivity contribution in [2.45, 2.75) is 26.9 Å². The fourth-order valence-corrected chi connectivity index (χ4v) is 2.02. The van der Waals surface area contributed by atoms with Gasteiger partial charge in [-0.25, -0.2) is 4.99 Å². The number of phenolic OH excluding ortho intramolecular Hbond substituents is 1. The monoisotopic (exact) mass is 445 g/mol. The standard InChI is InChI=1S/C17H23N3O3.HI/c1-3-18-17(20-12-14-6-5-9-23-14)19-11-13-7-8-15(21)16(10-13)22-4-2;/h5-10,21H,3-4,11-12H2,1-2H3,(H2,18,19,20);1H. The third-order valence-corrected chi connectivity index (χ3v) is 3.10. The van der Waals surface area contributed by atoms with Gasteiger partial charge in [-0.15, -0.1) is 24.0 Å². The number of benzene rings is 1. The lowest BCUT2D eigenvalue weighted by Gasteiger charge is -2.11. The molecule has 1 heterocycles. The number of furan rings is 1. The van der Waals surface area contributed by atoms with Crippen LogP contribution >= 0.6 is 24.0 Å². The van der Waals surface area contributed by atoms with Crippen molar-refractivity contribution in [3.05, 3.63) is 47.9 Å². The van der Waals surface area contributed by atoms with Crippen LogP contribution in [0.5, 0.6) is 11.5 Å². The molecule has 132 valence electrons. The number of halogens is 1. The molecule has 0 radical (unpaired) electrons. The minimum absolute atomic E-state index is 0. The summed E-state index contributed by atoms with van der Waals surface area (Å²) in [4.78, 5) is 4.53. The lowest BCUT2D eigenvalue weighted by molar-refractivity contribution is 0.318. The van der Waals surface area contributed by atoms with Gasteiger partial charge in [0.1, 0.15) is 5.76 Å². The molecule has 7 heteroatoms. The molecule has 0 saturated carbocycles. The number of hydrogen-bond acceptors (Lipinski definition) is 4. The summed E-state index contributed by atoms with van der Waals surface area (Å²) in [5.41, 5.74) is 0.960. The molecule has 0 aliphatic carbocycles. The van der Waals surface area contributed by atoms with Gasteiger partial charge in [-0.3, -0.25) is 0 Å². The average Bonchev–Trinajstić information content (AvgIpc) is 3.06. The Balaban J connectivity index is 0.00000288. The Morgan fingerprint density at radius 2 is 2.08 bits per heavy atom. The van der Waals surface area contributed by atoms with Gasteiger partial charge >= 0.3 is 0 Å². The van der Waals surface area contributed by atoms with Crippen LogP contribution in [0, 0.1) is 0 Å². The first-order chi connectivity index (χ1) is 11.2. The van der Waals surface area contributed by atoms with E-state index in [2.05, 4.69) is 15.6 Å². The summed E-state index contributed by atoms with van der Waals surface area (Å²) >= 11 is 0. The van der Waals surface area contributed by atoms with Crippen LogP contribution in [0.4, 0.5) is 0 Å². The normalized spacial score (nSPS) is 10.8. The van der Waals surface area contributed by atoms with E-state index in [9.17, 15) is 5.11 Å². The summed E-state index contributed by atoms with van der Waals surface area (Å²) in [7, 11) is 0. The molecule has 3 N–H and O–H groups in total. The molecule has 1 aromatic heterocycles. The quantitative estimate of drug-likeness (QED) is 0.347. The Hall–Kier alpha value is -1.90. The van der Waals surface area contributed by atoms with Crippen LogP contribution in [-0.4, -0.2) is 24.2 Å². The molecule has 0 saturated heterocycles. The predicted molar refractivity (Wildman–Crippen MR) is 105 cm³/mol. The molecule has 0 unspecified atom stereocenters.